The molecule has 4 nitrogen and oxygen atoms in total. The molecule has 0 amide bonds. The van der Waals surface area contributed by atoms with Crippen LogP contribution >= 0.6 is 0 Å². The van der Waals surface area contributed by atoms with E-state index in [-0.39, 0.29) is 0 Å². The van der Waals surface area contributed by atoms with Crippen molar-refractivity contribution in [2.24, 2.45) is 5.73 Å². The van der Waals surface area contributed by atoms with Crippen molar-refractivity contribution in [3.8, 4) is 28.4 Å². The van der Waals surface area contributed by atoms with E-state index in [1.807, 2.05) is 12.1 Å². The number of hydrogen-bond acceptors (Lipinski definition) is 4. The molecular formula is C17H21NO3. The summed E-state index contributed by atoms with van der Waals surface area (Å²) >= 11 is 0. The zero-order valence-electron chi connectivity index (χ0n) is 12.7. The molecule has 2 aromatic rings. The lowest BCUT2D eigenvalue weighted by molar-refractivity contribution is 0.324. The first-order valence-electron chi connectivity index (χ1n) is 6.82. The molecular weight excluding hydrogens is 266 g/mol. The van der Waals surface area contributed by atoms with Crippen LogP contribution in [0.2, 0.25) is 0 Å². The van der Waals surface area contributed by atoms with Gasteiger partial charge in [-0.05, 0) is 41.8 Å². The summed E-state index contributed by atoms with van der Waals surface area (Å²) in [5.74, 6) is 1.90. The molecule has 0 unspecified atom stereocenters. The van der Waals surface area contributed by atoms with Gasteiger partial charge in [0.2, 0.25) is 5.75 Å². The predicted molar refractivity (Wildman–Crippen MR) is 84.3 cm³/mol. The Hall–Kier alpha value is -2.20. The molecule has 0 aliphatic carbocycles. The van der Waals surface area contributed by atoms with Crippen LogP contribution in [-0.2, 0) is 6.42 Å². The molecule has 0 aliphatic heterocycles. The van der Waals surface area contributed by atoms with Crippen LogP contribution in [-0.4, -0.2) is 27.9 Å². The fourth-order valence-corrected chi connectivity index (χ4v) is 2.28. The largest absolute Gasteiger partial charge is 0.493 e. The van der Waals surface area contributed by atoms with Crippen molar-refractivity contribution < 1.29 is 14.2 Å². The van der Waals surface area contributed by atoms with Gasteiger partial charge in [-0.3, -0.25) is 0 Å². The highest BCUT2D eigenvalue weighted by atomic mass is 16.5. The van der Waals surface area contributed by atoms with E-state index in [4.69, 9.17) is 19.9 Å². The van der Waals surface area contributed by atoms with Crippen molar-refractivity contribution in [2.45, 2.75) is 6.42 Å². The summed E-state index contributed by atoms with van der Waals surface area (Å²) in [6.45, 7) is 0.656. The van der Waals surface area contributed by atoms with Crippen molar-refractivity contribution in [3.05, 3.63) is 42.0 Å². The molecule has 2 rings (SSSR count). The summed E-state index contributed by atoms with van der Waals surface area (Å²) in [6, 6.07) is 12.2. The van der Waals surface area contributed by atoms with Crippen LogP contribution in [0, 0.1) is 0 Å². The summed E-state index contributed by atoms with van der Waals surface area (Å²) in [4.78, 5) is 0. The Labute approximate surface area is 125 Å². The van der Waals surface area contributed by atoms with Crippen molar-refractivity contribution in [1.29, 1.82) is 0 Å². The van der Waals surface area contributed by atoms with Crippen molar-refractivity contribution in [3.63, 3.8) is 0 Å². The van der Waals surface area contributed by atoms with E-state index in [2.05, 4.69) is 24.3 Å². The van der Waals surface area contributed by atoms with E-state index in [1.165, 1.54) is 5.56 Å². The predicted octanol–water partition coefficient (Wildman–Crippen LogP) is 2.88. The third kappa shape index (κ3) is 3.28. The Balaban J connectivity index is 2.43. The number of nitrogens with two attached hydrogens (primary N) is 1. The molecule has 0 heterocycles. The molecule has 0 atom stereocenters. The number of methoxy groups -OCH3 is 3. The van der Waals surface area contributed by atoms with Gasteiger partial charge in [0.05, 0.1) is 21.3 Å². The van der Waals surface area contributed by atoms with E-state index >= 15 is 0 Å². The first kappa shape index (κ1) is 15.2. The van der Waals surface area contributed by atoms with Gasteiger partial charge in [0.25, 0.3) is 0 Å². The Morgan fingerprint density at radius 2 is 1.38 bits per heavy atom. The van der Waals surface area contributed by atoms with Crippen LogP contribution in [0.15, 0.2) is 36.4 Å². The molecule has 0 fully saturated rings. The van der Waals surface area contributed by atoms with E-state index in [0.29, 0.717) is 23.8 Å². The molecule has 2 N–H and O–H groups in total. The number of rotatable bonds is 6. The van der Waals surface area contributed by atoms with Crippen molar-refractivity contribution in [1.82, 2.24) is 0 Å². The number of ether oxygens (including phenoxy) is 3. The van der Waals surface area contributed by atoms with Gasteiger partial charge in [0, 0.05) is 0 Å². The Morgan fingerprint density at radius 1 is 0.810 bits per heavy atom. The van der Waals surface area contributed by atoms with E-state index < -0.39 is 0 Å². The van der Waals surface area contributed by atoms with Crippen LogP contribution in [0.4, 0.5) is 0 Å². The maximum atomic E-state index is 5.57. The second-order valence-electron chi connectivity index (χ2n) is 4.65. The molecule has 21 heavy (non-hydrogen) atoms. The van der Waals surface area contributed by atoms with E-state index in [0.717, 1.165) is 17.5 Å². The van der Waals surface area contributed by atoms with Crippen LogP contribution in [0.5, 0.6) is 17.2 Å². The lowest BCUT2D eigenvalue weighted by Crippen LogP contribution is -2.02. The van der Waals surface area contributed by atoms with Gasteiger partial charge in [0.15, 0.2) is 11.5 Å². The molecule has 0 radical (unpaired) electrons. The molecule has 2 aromatic carbocycles. The Bertz CT molecular complexity index is 568. The van der Waals surface area contributed by atoms with Gasteiger partial charge in [-0.1, -0.05) is 24.3 Å². The lowest BCUT2D eigenvalue weighted by Gasteiger charge is -2.14. The molecule has 0 bridgehead atoms. The highest BCUT2D eigenvalue weighted by Crippen LogP contribution is 2.41. The molecule has 0 saturated heterocycles. The highest BCUT2D eigenvalue weighted by molar-refractivity contribution is 5.71. The first-order chi connectivity index (χ1) is 10.2. The molecule has 0 saturated carbocycles. The molecule has 4 heteroatoms. The SMILES string of the molecule is COc1cc(-c2ccc(CCN)cc2)cc(OC)c1OC. The third-order valence-corrected chi connectivity index (χ3v) is 3.39. The normalized spacial score (nSPS) is 10.3. The van der Waals surface area contributed by atoms with Gasteiger partial charge in [0.1, 0.15) is 0 Å². The zero-order chi connectivity index (χ0) is 15.2. The highest BCUT2D eigenvalue weighted by Gasteiger charge is 2.13. The Kier molecular flexibility index (Phi) is 5.06. The van der Waals surface area contributed by atoms with Crippen LogP contribution in [0.1, 0.15) is 5.56 Å². The van der Waals surface area contributed by atoms with Gasteiger partial charge in [-0.2, -0.15) is 0 Å². The zero-order valence-corrected chi connectivity index (χ0v) is 12.7. The smallest absolute Gasteiger partial charge is 0.203 e. The molecule has 0 spiro atoms. The minimum atomic E-state index is 0.600. The summed E-state index contributed by atoms with van der Waals surface area (Å²) in [5, 5.41) is 0. The molecule has 0 aliphatic rings. The second-order valence-corrected chi connectivity index (χ2v) is 4.65. The minimum Gasteiger partial charge on any atom is -0.493 e. The topological polar surface area (TPSA) is 53.7 Å². The fraction of sp³-hybridized carbons (Fsp3) is 0.294. The summed E-state index contributed by atoms with van der Waals surface area (Å²) in [7, 11) is 4.83. The van der Waals surface area contributed by atoms with E-state index in [9.17, 15) is 0 Å². The van der Waals surface area contributed by atoms with Gasteiger partial charge in [-0.25, -0.2) is 0 Å². The van der Waals surface area contributed by atoms with Gasteiger partial charge in [-0.15, -0.1) is 0 Å². The minimum absolute atomic E-state index is 0.600. The summed E-state index contributed by atoms with van der Waals surface area (Å²) < 4.78 is 16.1. The lowest BCUT2D eigenvalue weighted by atomic mass is 10.0. The van der Waals surface area contributed by atoms with Crippen LogP contribution < -0.4 is 19.9 Å². The standard InChI is InChI=1S/C17H21NO3/c1-19-15-10-14(11-16(20-2)17(15)21-3)13-6-4-12(5-7-13)8-9-18/h4-7,10-11H,8-9,18H2,1-3H3. The quantitative estimate of drug-likeness (QED) is 0.887. The summed E-state index contributed by atoms with van der Waals surface area (Å²) in [5.41, 5.74) is 8.91. The van der Waals surface area contributed by atoms with Crippen molar-refractivity contribution in [2.75, 3.05) is 27.9 Å². The second kappa shape index (κ2) is 6.99. The number of hydrogen-bond donors (Lipinski definition) is 1. The average Bonchev–Trinajstić information content (AvgIpc) is 2.54. The third-order valence-electron chi connectivity index (χ3n) is 3.39. The number of benzene rings is 2. The average molecular weight is 287 g/mol. The fourth-order valence-electron chi connectivity index (χ4n) is 2.28. The van der Waals surface area contributed by atoms with Gasteiger partial charge < -0.3 is 19.9 Å². The van der Waals surface area contributed by atoms with Crippen LogP contribution in [0.25, 0.3) is 11.1 Å². The maximum Gasteiger partial charge on any atom is 0.203 e. The summed E-state index contributed by atoms with van der Waals surface area (Å²) in [6.07, 6.45) is 0.884. The first-order valence-corrected chi connectivity index (χ1v) is 6.82. The Morgan fingerprint density at radius 3 is 1.81 bits per heavy atom. The molecule has 112 valence electrons. The van der Waals surface area contributed by atoms with E-state index in [1.54, 1.807) is 21.3 Å². The van der Waals surface area contributed by atoms with Gasteiger partial charge >= 0.3 is 0 Å². The van der Waals surface area contributed by atoms with Crippen molar-refractivity contribution >= 4 is 0 Å². The monoisotopic (exact) mass is 287 g/mol. The maximum absolute atomic E-state index is 5.57. The van der Waals surface area contributed by atoms with Crippen LogP contribution in [0.3, 0.4) is 0 Å². The molecule has 0 aromatic heterocycles.